The second kappa shape index (κ2) is 11.9. The number of fused-ring (bicyclic) bond motifs is 1. The SMILES string of the molecule is CCOC(=O)[C@@H]1[C@H]2CCC(O)(c3cccc(OCCc4ccccc4)c3)[C@H]2CN1C(=O)OCc1ccccc1. The lowest BCUT2D eigenvalue weighted by Gasteiger charge is -2.31. The molecule has 7 heteroatoms. The zero-order chi connectivity index (χ0) is 27.2. The molecule has 0 spiro atoms. The quantitative estimate of drug-likeness (QED) is 0.388. The van der Waals surface area contributed by atoms with Crippen LogP contribution in [-0.2, 0) is 32.9 Å². The lowest BCUT2D eigenvalue weighted by Crippen LogP contribution is -2.44. The lowest BCUT2D eigenvalue weighted by molar-refractivity contribution is -0.149. The van der Waals surface area contributed by atoms with Crippen LogP contribution >= 0.6 is 0 Å². The average Bonchev–Trinajstić information content (AvgIpc) is 3.51. The molecule has 1 N–H and O–H groups in total. The first-order chi connectivity index (χ1) is 19.0. The van der Waals surface area contributed by atoms with Crippen LogP contribution in [0.25, 0.3) is 0 Å². The topological polar surface area (TPSA) is 85.3 Å². The minimum absolute atomic E-state index is 0.105. The van der Waals surface area contributed by atoms with E-state index in [1.165, 1.54) is 10.5 Å². The second-order valence-electron chi connectivity index (χ2n) is 10.2. The van der Waals surface area contributed by atoms with E-state index >= 15 is 0 Å². The number of ether oxygens (including phenoxy) is 3. The number of amides is 1. The average molecular weight is 530 g/mol. The molecule has 1 amide bonds. The standard InChI is InChI=1S/C32H35NO6/c1-2-37-30(34)29-27-16-18-32(36,28(27)21-33(29)31(35)39-22-24-12-7-4-8-13-24)25-14-9-15-26(20-25)38-19-17-23-10-5-3-6-11-23/h3-15,20,27-29,36H,2,16-19,21-22H2,1H3/t27-,28-,29-,32?/m0/s1. The van der Waals surface area contributed by atoms with Crippen molar-refractivity contribution in [2.45, 2.75) is 44.4 Å². The molecule has 1 saturated heterocycles. The van der Waals surface area contributed by atoms with Crippen LogP contribution in [0.15, 0.2) is 84.9 Å². The number of carbonyl (C=O) groups excluding carboxylic acids is 2. The second-order valence-corrected chi connectivity index (χ2v) is 10.2. The van der Waals surface area contributed by atoms with Crippen LogP contribution < -0.4 is 4.74 Å². The van der Waals surface area contributed by atoms with E-state index in [9.17, 15) is 14.7 Å². The van der Waals surface area contributed by atoms with Gasteiger partial charge < -0.3 is 19.3 Å². The van der Waals surface area contributed by atoms with Crippen molar-refractivity contribution in [3.63, 3.8) is 0 Å². The Balaban J connectivity index is 1.31. The molecule has 0 radical (unpaired) electrons. The predicted molar refractivity (Wildman–Crippen MR) is 146 cm³/mol. The summed E-state index contributed by atoms with van der Waals surface area (Å²) >= 11 is 0. The van der Waals surface area contributed by atoms with E-state index in [1.807, 2.05) is 72.8 Å². The van der Waals surface area contributed by atoms with Crippen molar-refractivity contribution in [1.29, 1.82) is 0 Å². The van der Waals surface area contributed by atoms with Crippen LogP contribution in [0.3, 0.4) is 0 Å². The third kappa shape index (κ3) is 5.78. The molecule has 2 aliphatic rings. The van der Waals surface area contributed by atoms with Crippen molar-refractivity contribution in [2.75, 3.05) is 19.8 Å². The predicted octanol–water partition coefficient (Wildman–Crippen LogP) is 5.11. The van der Waals surface area contributed by atoms with Gasteiger partial charge in [0.25, 0.3) is 0 Å². The summed E-state index contributed by atoms with van der Waals surface area (Å²) in [5.41, 5.74) is 1.58. The van der Waals surface area contributed by atoms with Crippen molar-refractivity contribution in [3.8, 4) is 5.75 Å². The molecular formula is C32H35NO6. The fraction of sp³-hybridized carbons (Fsp3) is 0.375. The first-order valence-corrected chi connectivity index (χ1v) is 13.6. The minimum Gasteiger partial charge on any atom is -0.493 e. The number of hydrogen-bond donors (Lipinski definition) is 1. The van der Waals surface area contributed by atoms with Gasteiger partial charge in [-0.05, 0) is 54.5 Å². The maximum atomic E-state index is 13.2. The van der Waals surface area contributed by atoms with E-state index in [2.05, 4.69) is 12.1 Å². The zero-order valence-electron chi connectivity index (χ0n) is 22.2. The normalized spacial score (nSPS) is 23.7. The molecular weight excluding hydrogens is 494 g/mol. The monoisotopic (exact) mass is 529 g/mol. The van der Waals surface area contributed by atoms with Crippen LogP contribution in [0, 0.1) is 11.8 Å². The molecule has 0 aromatic heterocycles. The van der Waals surface area contributed by atoms with E-state index < -0.39 is 23.7 Å². The molecule has 1 heterocycles. The highest BCUT2D eigenvalue weighted by atomic mass is 16.6. The molecule has 1 saturated carbocycles. The molecule has 3 aromatic rings. The van der Waals surface area contributed by atoms with Crippen molar-refractivity contribution in [1.82, 2.24) is 4.90 Å². The Morgan fingerprint density at radius 2 is 1.67 bits per heavy atom. The van der Waals surface area contributed by atoms with Gasteiger partial charge in [-0.25, -0.2) is 9.59 Å². The molecule has 2 fully saturated rings. The van der Waals surface area contributed by atoms with E-state index in [0.29, 0.717) is 25.2 Å². The molecule has 39 heavy (non-hydrogen) atoms. The maximum Gasteiger partial charge on any atom is 0.410 e. The first kappa shape index (κ1) is 26.8. The highest BCUT2D eigenvalue weighted by molar-refractivity contribution is 5.83. The van der Waals surface area contributed by atoms with Gasteiger partial charge in [-0.15, -0.1) is 0 Å². The number of likely N-dealkylation sites (tertiary alicyclic amines) is 1. The van der Waals surface area contributed by atoms with E-state index in [1.54, 1.807) is 6.92 Å². The highest BCUT2D eigenvalue weighted by Gasteiger charge is 2.60. The van der Waals surface area contributed by atoms with Gasteiger partial charge in [0, 0.05) is 18.9 Å². The number of esters is 1. The van der Waals surface area contributed by atoms with Gasteiger partial charge in [0.2, 0.25) is 0 Å². The van der Waals surface area contributed by atoms with Crippen LogP contribution in [-0.4, -0.2) is 47.9 Å². The first-order valence-electron chi connectivity index (χ1n) is 13.6. The third-order valence-corrected chi connectivity index (χ3v) is 7.93. The Labute approximate surface area is 229 Å². The van der Waals surface area contributed by atoms with Gasteiger partial charge in [-0.3, -0.25) is 4.90 Å². The Morgan fingerprint density at radius 1 is 0.949 bits per heavy atom. The van der Waals surface area contributed by atoms with Crippen molar-refractivity contribution in [3.05, 3.63) is 102 Å². The summed E-state index contributed by atoms with van der Waals surface area (Å²) in [7, 11) is 0. The summed E-state index contributed by atoms with van der Waals surface area (Å²) in [6, 6.07) is 26.3. The highest BCUT2D eigenvalue weighted by Crippen LogP contribution is 2.53. The summed E-state index contributed by atoms with van der Waals surface area (Å²) in [5.74, 6) is -0.347. The van der Waals surface area contributed by atoms with Crippen LogP contribution in [0.5, 0.6) is 5.75 Å². The van der Waals surface area contributed by atoms with Crippen molar-refractivity contribution in [2.24, 2.45) is 11.8 Å². The molecule has 4 atom stereocenters. The van der Waals surface area contributed by atoms with Crippen LogP contribution in [0.4, 0.5) is 4.79 Å². The smallest absolute Gasteiger partial charge is 0.410 e. The molecule has 1 unspecified atom stereocenters. The summed E-state index contributed by atoms with van der Waals surface area (Å²) < 4.78 is 17.0. The number of rotatable bonds is 9. The van der Waals surface area contributed by atoms with Gasteiger partial charge in [-0.1, -0.05) is 72.8 Å². The lowest BCUT2D eigenvalue weighted by atomic mass is 9.81. The molecule has 1 aliphatic heterocycles. The summed E-state index contributed by atoms with van der Waals surface area (Å²) in [5, 5.41) is 12.0. The van der Waals surface area contributed by atoms with Crippen LogP contribution in [0.1, 0.15) is 36.5 Å². The Kier molecular flexibility index (Phi) is 8.17. The van der Waals surface area contributed by atoms with Gasteiger partial charge in [-0.2, -0.15) is 0 Å². The largest absolute Gasteiger partial charge is 0.493 e. The number of hydrogen-bond acceptors (Lipinski definition) is 6. The molecule has 1 aliphatic carbocycles. The summed E-state index contributed by atoms with van der Waals surface area (Å²) in [6.45, 7) is 2.79. The van der Waals surface area contributed by atoms with Gasteiger partial charge in [0.05, 0.1) is 18.8 Å². The van der Waals surface area contributed by atoms with Crippen LogP contribution in [0.2, 0.25) is 0 Å². The minimum atomic E-state index is -1.21. The molecule has 5 rings (SSSR count). The van der Waals surface area contributed by atoms with Gasteiger partial charge in [0.1, 0.15) is 18.4 Å². The van der Waals surface area contributed by atoms with E-state index in [4.69, 9.17) is 14.2 Å². The molecule has 7 nitrogen and oxygen atoms in total. The Hall–Kier alpha value is -3.84. The maximum absolute atomic E-state index is 13.2. The van der Waals surface area contributed by atoms with E-state index in [-0.39, 0.29) is 31.6 Å². The zero-order valence-corrected chi connectivity index (χ0v) is 22.2. The fourth-order valence-corrected chi connectivity index (χ4v) is 6.01. The van der Waals surface area contributed by atoms with Crippen molar-refractivity contribution < 1.29 is 28.9 Å². The Bertz CT molecular complexity index is 1270. The summed E-state index contributed by atoms with van der Waals surface area (Å²) in [6.07, 6.45) is 1.28. The Morgan fingerprint density at radius 3 is 2.38 bits per heavy atom. The van der Waals surface area contributed by atoms with E-state index in [0.717, 1.165) is 17.5 Å². The number of aliphatic hydroxyl groups is 1. The number of benzene rings is 3. The molecule has 204 valence electrons. The molecule has 0 bridgehead atoms. The number of carbonyl (C=O) groups is 2. The third-order valence-electron chi connectivity index (χ3n) is 7.93. The fourth-order valence-electron chi connectivity index (χ4n) is 6.01. The van der Waals surface area contributed by atoms with Gasteiger partial charge in [0.15, 0.2) is 0 Å². The van der Waals surface area contributed by atoms with Crippen molar-refractivity contribution >= 4 is 12.1 Å². The summed E-state index contributed by atoms with van der Waals surface area (Å²) in [4.78, 5) is 27.7. The molecule has 3 aromatic carbocycles. The number of nitrogens with zero attached hydrogens (tertiary/aromatic N) is 1. The van der Waals surface area contributed by atoms with Gasteiger partial charge >= 0.3 is 12.1 Å².